The Labute approximate surface area is 182 Å². The summed E-state index contributed by atoms with van der Waals surface area (Å²) in [7, 11) is 1.63. The molecule has 0 unspecified atom stereocenters. The molecule has 2 rings (SSSR count). The van der Waals surface area contributed by atoms with Crippen LogP contribution in [-0.2, 0) is 16.6 Å². The van der Waals surface area contributed by atoms with Crippen molar-refractivity contribution in [3.8, 4) is 0 Å². The van der Waals surface area contributed by atoms with Crippen molar-refractivity contribution in [2.24, 2.45) is 7.05 Å². The van der Waals surface area contributed by atoms with Crippen LogP contribution in [0.3, 0.4) is 0 Å². The van der Waals surface area contributed by atoms with Crippen molar-refractivity contribution in [2.45, 2.75) is 39.7 Å². The van der Waals surface area contributed by atoms with Gasteiger partial charge in [0.25, 0.3) is 5.91 Å². The van der Waals surface area contributed by atoms with E-state index < -0.39 is 23.6 Å². The third kappa shape index (κ3) is 7.10. The summed E-state index contributed by atoms with van der Waals surface area (Å²) in [5, 5.41) is 16.9. The number of carboxylic acid groups (broad SMARTS) is 1. The maximum atomic E-state index is 12.5. The molecule has 3 amide bonds. The van der Waals surface area contributed by atoms with Gasteiger partial charge in [0.05, 0.1) is 5.69 Å². The Morgan fingerprint density at radius 1 is 1.23 bits per heavy atom. The second kappa shape index (κ2) is 9.60. The van der Waals surface area contributed by atoms with E-state index in [2.05, 4.69) is 20.9 Å². The third-order valence-electron chi connectivity index (χ3n) is 3.76. The minimum Gasteiger partial charge on any atom is -0.476 e. The highest BCUT2D eigenvalue weighted by molar-refractivity contribution is 7.16. The molecule has 0 spiro atoms. The average molecular weight is 452 g/mol. The molecular weight excluding hydrogens is 426 g/mol. The van der Waals surface area contributed by atoms with Gasteiger partial charge in [-0.1, -0.05) is 0 Å². The molecule has 0 aliphatic carbocycles. The molecule has 0 aromatic carbocycles. The minimum absolute atomic E-state index is 0.0199. The highest BCUT2D eigenvalue weighted by Crippen LogP contribution is 2.23. The molecule has 12 heteroatoms. The predicted octanol–water partition coefficient (Wildman–Crippen LogP) is 2.59. The molecule has 0 atom stereocenters. The van der Waals surface area contributed by atoms with Crippen molar-refractivity contribution >= 4 is 46.0 Å². The molecule has 0 bridgehead atoms. The lowest BCUT2D eigenvalue weighted by Crippen LogP contribution is -2.34. The van der Waals surface area contributed by atoms with Gasteiger partial charge in [0.1, 0.15) is 11.3 Å². The van der Waals surface area contributed by atoms with Crippen molar-refractivity contribution in [1.29, 1.82) is 0 Å². The first-order valence-electron chi connectivity index (χ1n) is 9.31. The molecule has 168 valence electrons. The molecule has 4 N–H and O–H groups in total. The van der Waals surface area contributed by atoms with Crippen LogP contribution in [0.2, 0.25) is 0 Å². The zero-order chi connectivity index (χ0) is 23.3. The first-order chi connectivity index (χ1) is 14.4. The Morgan fingerprint density at radius 2 is 1.90 bits per heavy atom. The van der Waals surface area contributed by atoms with Crippen molar-refractivity contribution in [1.82, 2.24) is 14.9 Å². The van der Waals surface area contributed by atoms with Gasteiger partial charge in [0.2, 0.25) is 5.91 Å². The van der Waals surface area contributed by atoms with E-state index in [0.717, 1.165) is 11.3 Å². The first kappa shape index (κ1) is 23.9. The fourth-order valence-corrected chi connectivity index (χ4v) is 3.28. The number of nitrogens with one attached hydrogen (secondary N) is 3. The summed E-state index contributed by atoms with van der Waals surface area (Å²) < 4.78 is 6.60. The van der Waals surface area contributed by atoms with Crippen molar-refractivity contribution in [3.63, 3.8) is 0 Å². The average Bonchev–Trinajstić information content (AvgIpc) is 3.15. The van der Waals surface area contributed by atoms with Gasteiger partial charge in [-0.25, -0.2) is 14.6 Å². The normalized spacial score (nSPS) is 11.0. The second-order valence-corrected chi connectivity index (χ2v) is 8.84. The van der Waals surface area contributed by atoms with E-state index in [-0.39, 0.29) is 35.4 Å². The number of aromatic nitrogens is 2. The van der Waals surface area contributed by atoms with Gasteiger partial charge in [-0.05, 0) is 33.8 Å². The Bertz CT molecular complexity index is 1000. The number of alkyl carbamates (subject to hydrolysis) is 1. The number of aromatic carboxylic acids is 1. The van der Waals surface area contributed by atoms with Crippen LogP contribution in [0.5, 0.6) is 0 Å². The first-order valence-corrected chi connectivity index (χ1v) is 10.1. The Kier molecular flexibility index (Phi) is 7.39. The fourth-order valence-electron chi connectivity index (χ4n) is 2.48. The predicted molar refractivity (Wildman–Crippen MR) is 115 cm³/mol. The Balaban J connectivity index is 1.91. The molecule has 0 radical (unpaired) electrons. The van der Waals surface area contributed by atoms with Crippen molar-refractivity contribution in [2.75, 3.05) is 17.2 Å². The van der Waals surface area contributed by atoms with Gasteiger partial charge < -0.3 is 25.0 Å². The van der Waals surface area contributed by atoms with Crippen LogP contribution in [-0.4, -0.2) is 50.7 Å². The highest BCUT2D eigenvalue weighted by atomic mass is 32.1. The monoisotopic (exact) mass is 451 g/mol. The number of carboxylic acids is 1. The number of aryl methyl sites for hydroxylation is 2. The smallest absolute Gasteiger partial charge is 0.407 e. The summed E-state index contributed by atoms with van der Waals surface area (Å²) >= 11 is 1.06. The molecule has 0 aliphatic heterocycles. The van der Waals surface area contributed by atoms with Crippen LogP contribution in [0.25, 0.3) is 0 Å². The van der Waals surface area contributed by atoms with E-state index in [1.807, 2.05) is 0 Å². The summed E-state index contributed by atoms with van der Waals surface area (Å²) in [5.41, 5.74) is -0.0941. The maximum Gasteiger partial charge on any atom is 0.407 e. The number of hydrogen-bond donors (Lipinski definition) is 4. The number of carbonyl (C=O) groups excluding carboxylic acids is 3. The van der Waals surface area contributed by atoms with Crippen LogP contribution < -0.4 is 16.0 Å². The van der Waals surface area contributed by atoms with E-state index in [9.17, 15) is 19.2 Å². The molecule has 11 nitrogen and oxygen atoms in total. The van der Waals surface area contributed by atoms with E-state index in [4.69, 9.17) is 9.84 Å². The molecule has 31 heavy (non-hydrogen) atoms. The van der Waals surface area contributed by atoms with Crippen LogP contribution in [0.15, 0.2) is 12.3 Å². The molecular formula is C19H25N5O6S. The van der Waals surface area contributed by atoms with Gasteiger partial charge in [-0.3, -0.25) is 14.9 Å². The summed E-state index contributed by atoms with van der Waals surface area (Å²) in [6.07, 6.45) is 0.970. The van der Waals surface area contributed by atoms with E-state index in [0.29, 0.717) is 10.6 Å². The molecule has 0 saturated carbocycles. The SMILES string of the molecule is Cc1sc(NC(=O)c2cc(NC(=O)CCNC(=O)OC(C)(C)C)cn2C)nc1C(=O)O. The Morgan fingerprint density at radius 3 is 2.48 bits per heavy atom. The van der Waals surface area contributed by atoms with E-state index in [1.165, 1.54) is 10.6 Å². The van der Waals surface area contributed by atoms with Gasteiger partial charge >= 0.3 is 12.1 Å². The fraction of sp³-hybridized carbons (Fsp3) is 0.421. The maximum absolute atomic E-state index is 12.5. The molecule has 0 aliphatic rings. The number of thiazole rings is 1. The Hall–Kier alpha value is -3.41. The summed E-state index contributed by atoms with van der Waals surface area (Å²) in [4.78, 5) is 51.6. The topological polar surface area (TPSA) is 152 Å². The van der Waals surface area contributed by atoms with Crippen LogP contribution in [0, 0.1) is 6.92 Å². The lowest BCUT2D eigenvalue weighted by atomic mass is 10.2. The number of ether oxygens (including phenoxy) is 1. The van der Waals surface area contributed by atoms with Crippen molar-refractivity contribution in [3.05, 3.63) is 28.5 Å². The van der Waals surface area contributed by atoms with Crippen LogP contribution >= 0.6 is 11.3 Å². The lowest BCUT2D eigenvalue weighted by Gasteiger charge is -2.19. The van der Waals surface area contributed by atoms with Crippen LogP contribution in [0.1, 0.15) is 53.0 Å². The number of amides is 3. The van der Waals surface area contributed by atoms with Gasteiger partial charge in [0.15, 0.2) is 10.8 Å². The third-order valence-corrected chi connectivity index (χ3v) is 4.65. The van der Waals surface area contributed by atoms with Crippen molar-refractivity contribution < 1.29 is 29.0 Å². The number of nitrogens with zero attached hydrogens (tertiary/aromatic N) is 2. The molecule has 0 saturated heterocycles. The lowest BCUT2D eigenvalue weighted by molar-refractivity contribution is -0.116. The summed E-state index contributed by atoms with van der Waals surface area (Å²) in [6.45, 7) is 6.91. The summed E-state index contributed by atoms with van der Waals surface area (Å²) in [6, 6.07) is 1.48. The molecule has 2 heterocycles. The van der Waals surface area contributed by atoms with Gasteiger partial charge in [-0.15, -0.1) is 11.3 Å². The molecule has 2 aromatic rings. The molecule has 2 aromatic heterocycles. The standard InChI is InChI=1S/C19H25N5O6S/c1-10-14(16(27)28)22-17(31-10)23-15(26)12-8-11(9-24(12)5)21-13(25)6-7-20-18(29)30-19(2,3)4/h8-9H,6-7H2,1-5H3,(H,20,29)(H,21,25)(H,27,28)(H,22,23,26). The number of anilines is 2. The van der Waals surface area contributed by atoms with E-state index in [1.54, 1.807) is 40.9 Å². The molecule has 0 fully saturated rings. The number of hydrogen-bond acceptors (Lipinski definition) is 7. The number of carbonyl (C=O) groups is 4. The van der Waals surface area contributed by atoms with E-state index >= 15 is 0 Å². The minimum atomic E-state index is -1.17. The van der Waals surface area contributed by atoms with Gasteiger partial charge in [0, 0.05) is 31.1 Å². The van der Waals surface area contributed by atoms with Crippen LogP contribution in [0.4, 0.5) is 15.6 Å². The summed E-state index contributed by atoms with van der Waals surface area (Å²) in [5.74, 6) is -2.02. The van der Waals surface area contributed by atoms with Gasteiger partial charge in [-0.2, -0.15) is 0 Å². The number of rotatable bonds is 7. The zero-order valence-electron chi connectivity index (χ0n) is 17.9. The zero-order valence-corrected chi connectivity index (χ0v) is 18.7. The largest absolute Gasteiger partial charge is 0.476 e. The second-order valence-electron chi connectivity index (χ2n) is 7.63. The quantitative estimate of drug-likeness (QED) is 0.505. The highest BCUT2D eigenvalue weighted by Gasteiger charge is 2.19.